The first-order valence-electron chi connectivity index (χ1n) is 3.00. The first-order valence-corrected chi connectivity index (χ1v) is 3.79. The van der Waals surface area contributed by atoms with Crippen molar-refractivity contribution in [3.05, 3.63) is 28.2 Å². The van der Waals surface area contributed by atoms with E-state index in [1.54, 1.807) is 0 Å². The average molecular weight is 236 g/mol. The van der Waals surface area contributed by atoms with Crippen LogP contribution in [-0.4, -0.2) is 6.41 Å². The van der Waals surface area contributed by atoms with Crippen LogP contribution in [0, 0.1) is 11.6 Å². The molecule has 0 aliphatic heterocycles. The standard InChI is InChI=1S/C7H4BrF2NO/c8-4-1-6(10)7(11-3-12)2-5(4)9/h1-3H,(H,11,12). The third kappa shape index (κ3) is 1.79. The van der Waals surface area contributed by atoms with E-state index in [4.69, 9.17) is 0 Å². The van der Waals surface area contributed by atoms with Crippen LogP contribution in [0.3, 0.4) is 0 Å². The Balaban J connectivity index is 3.13. The van der Waals surface area contributed by atoms with Gasteiger partial charge in [-0.25, -0.2) is 8.78 Å². The van der Waals surface area contributed by atoms with Crippen molar-refractivity contribution in [3.63, 3.8) is 0 Å². The van der Waals surface area contributed by atoms with E-state index in [1.807, 2.05) is 5.32 Å². The minimum absolute atomic E-state index is 0.0245. The lowest BCUT2D eigenvalue weighted by molar-refractivity contribution is -0.105. The van der Waals surface area contributed by atoms with E-state index in [1.165, 1.54) is 0 Å². The van der Waals surface area contributed by atoms with E-state index in [-0.39, 0.29) is 16.6 Å². The van der Waals surface area contributed by atoms with Gasteiger partial charge in [0.2, 0.25) is 6.41 Å². The zero-order valence-corrected chi connectivity index (χ0v) is 7.36. The number of nitrogens with one attached hydrogen (secondary N) is 1. The Morgan fingerprint density at radius 3 is 2.58 bits per heavy atom. The van der Waals surface area contributed by atoms with E-state index in [0.717, 1.165) is 12.1 Å². The van der Waals surface area contributed by atoms with Crippen molar-refractivity contribution in [2.24, 2.45) is 0 Å². The van der Waals surface area contributed by atoms with Crippen molar-refractivity contribution >= 4 is 28.0 Å². The van der Waals surface area contributed by atoms with Gasteiger partial charge < -0.3 is 5.32 Å². The fourth-order valence-corrected chi connectivity index (χ4v) is 1.01. The van der Waals surface area contributed by atoms with Gasteiger partial charge in [0, 0.05) is 6.07 Å². The second kappa shape index (κ2) is 3.62. The molecule has 0 radical (unpaired) electrons. The predicted octanol–water partition coefficient (Wildman–Crippen LogP) is 2.30. The van der Waals surface area contributed by atoms with Gasteiger partial charge in [-0.2, -0.15) is 0 Å². The SMILES string of the molecule is O=CNc1cc(F)c(Br)cc1F. The number of amides is 1. The van der Waals surface area contributed by atoms with Crippen LogP contribution in [0.15, 0.2) is 16.6 Å². The van der Waals surface area contributed by atoms with E-state index in [9.17, 15) is 13.6 Å². The first kappa shape index (κ1) is 9.12. The lowest BCUT2D eigenvalue weighted by Gasteiger charge is -2.01. The largest absolute Gasteiger partial charge is 0.326 e. The van der Waals surface area contributed by atoms with E-state index in [2.05, 4.69) is 15.9 Å². The van der Waals surface area contributed by atoms with Crippen molar-refractivity contribution in [2.45, 2.75) is 0 Å². The van der Waals surface area contributed by atoms with Crippen molar-refractivity contribution < 1.29 is 13.6 Å². The maximum Gasteiger partial charge on any atom is 0.211 e. The van der Waals surface area contributed by atoms with Crippen LogP contribution in [0.25, 0.3) is 0 Å². The zero-order chi connectivity index (χ0) is 9.14. The number of hydrogen-bond donors (Lipinski definition) is 1. The fraction of sp³-hybridized carbons (Fsp3) is 0. The number of carbonyl (C=O) groups excluding carboxylic acids is 1. The summed E-state index contributed by atoms with van der Waals surface area (Å²) in [6.45, 7) is 0. The van der Waals surface area contributed by atoms with Crippen LogP contribution in [0.2, 0.25) is 0 Å². The topological polar surface area (TPSA) is 29.1 Å². The number of halogens is 3. The highest BCUT2D eigenvalue weighted by atomic mass is 79.9. The molecule has 1 aromatic carbocycles. The number of rotatable bonds is 2. The molecule has 1 amide bonds. The number of carbonyl (C=O) groups is 1. The minimum Gasteiger partial charge on any atom is -0.326 e. The molecule has 0 bridgehead atoms. The molecule has 0 aliphatic carbocycles. The van der Waals surface area contributed by atoms with Gasteiger partial charge in [-0.3, -0.25) is 4.79 Å². The second-order valence-corrected chi connectivity index (χ2v) is 2.86. The van der Waals surface area contributed by atoms with Crippen molar-refractivity contribution in [1.29, 1.82) is 0 Å². The van der Waals surface area contributed by atoms with Crippen LogP contribution in [0.1, 0.15) is 0 Å². The average Bonchev–Trinajstić information content (AvgIpc) is 2.01. The fourth-order valence-electron chi connectivity index (χ4n) is 0.697. The number of anilines is 1. The molecule has 0 saturated carbocycles. The summed E-state index contributed by atoms with van der Waals surface area (Å²) < 4.78 is 25.5. The summed E-state index contributed by atoms with van der Waals surface area (Å²) in [6, 6.07) is 1.84. The highest BCUT2D eigenvalue weighted by Gasteiger charge is 2.06. The Kier molecular flexibility index (Phi) is 2.75. The molecule has 2 nitrogen and oxygen atoms in total. The summed E-state index contributed by atoms with van der Waals surface area (Å²) in [7, 11) is 0. The molecule has 64 valence electrons. The molecule has 0 aromatic heterocycles. The van der Waals surface area contributed by atoms with Gasteiger partial charge in [-0.15, -0.1) is 0 Å². The Morgan fingerprint density at radius 1 is 1.33 bits per heavy atom. The lowest BCUT2D eigenvalue weighted by atomic mass is 10.3. The first-order chi connectivity index (χ1) is 5.65. The van der Waals surface area contributed by atoms with Gasteiger partial charge in [-0.05, 0) is 22.0 Å². The summed E-state index contributed by atoms with van der Waals surface area (Å²) in [4.78, 5) is 9.91. The van der Waals surface area contributed by atoms with E-state index in [0.29, 0.717) is 0 Å². The van der Waals surface area contributed by atoms with Gasteiger partial charge in [0.05, 0.1) is 10.2 Å². The van der Waals surface area contributed by atoms with Crippen LogP contribution in [-0.2, 0) is 4.79 Å². The maximum atomic E-state index is 12.8. The van der Waals surface area contributed by atoms with Gasteiger partial charge in [0.1, 0.15) is 11.6 Å². The summed E-state index contributed by atoms with van der Waals surface area (Å²) in [6.07, 6.45) is 0.283. The molecule has 0 spiro atoms. The maximum absolute atomic E-state index is 12.8. The van der Waals surface area contributed by atoms with Crippen molar-refractivity contribution in [2.75, 3.05) is 5.32 Å². The van der Waals surface area contributed by atoms with Gasteiger partial charge >= 0.3 is 0 Å². The summed E-state index contributed by atoms with van der Waals surface area (Å²) in [5.41, 5.74) is -0.175. The summed E-state index contributed by atoms with van der Waals surface area (Å²) in [5, 5.41) is 2.03. The monoisotopic (exact) mass is 235 g/mol. The normalized spacial score (nSPS) is 9.58. The lowest BCUT2D eigenvalue weighted by Crippen LogP contribution is -1.97. The molecule has 0 unspecified atom stereocenters. The molecule has 12 heavy (non-hydrogen) atoms. The summed E-state index contributed by atoms with van der Waals surface area (Å²) >= 11 is 2.80. The molecule has 1 rings (SSSR count). The van der Waals surface area contributed by atoms with Crippen LogP contribution < -0.4 is 5.32 Å². The quantitative estimate of drug-likeness (QED) is 0.619. The van der Waals surface area contributed by atoms with Gasteiger partial charge in [-0.1, -0.05) is 0 Å². The third-order valence-corrected chi connectivity index (χ3v) is 1.83. The Morgan fingerprint density at radius 2 is 2.00 bits per heavy atom. The second-order valence-electron chi connectivity index (χ2n) is 2.01. The van der Waals surface area contributed by atoms with Crippen LogP contribution in [0.5, 0.6) is 0 Å². The molecule has 0 atom stereocenters. The van der Waals surface area contributed by atoms with Crippen molar-refractivity contribution in [1.82, 2.24) is 0 Å². The summed E-state index contributed by atoms with van der Waals surface area (Å²) in [5.74, 6) is -1.31. The Bertz CT molecular complexity index is 317. The molecule has 1 N–H and O–H groups in total. The predicted molar refractivity (Wildman–Crippen MR) is 43.7 cm³/mol. The molecule has 0 aliphatic rings. The Hall–Kier alpha value is -0.970. The van der Waals surface area contributed by atoms with Crippen LogP contribution >= 0.6 is 15.9 Å². The van der Waals surface area contributed by atoms with E-state index < -0.39 is 11.6 Å². The molecule has 1 aromatic rings. The third-order valence-electron chi connectivity index (χ3n) is 1.22. The highest BCUT2D eigenvalue weighted by Crippen LogP contribution is 2.22. The molecular weight excluding hydrogens is 232 g/mol. The van der Waals surface area contributed by atoms with Gasteiger partial charge in [0.25, 0.3) is 0 Å². The Labute approximate surface area is 75.7 Å². The van der Waals surface area contributed by atoms with E-state index >= 15 is 0 Å². The molecule has 5 heteroatoms. The zero-order valence-electron chi connectivity index (χ0n) is 5.77. The number of hydrogen-bond acceptors (Lipinski definition) is 1. The van der Waals surface area contributed by atoms with Gasteiger partial charge in [0.15, 0.2) is 0 Å². The molecule has 0 saturated heterocycles. The number of benzene rings is 1. The minimum atomic E-state index is -0.685. The molecular formula is C7H4BrF2NO. The smallest absolute Gasteiger partial charge is 0.211 e. The van der Waals surface area contributed by atoms with Crippen LogP contribution in [0.4, 0.5) is 14.5 Å². The van der Waals surface area contributed by atoms with Crippen molar-refractivity contribution in [3.8, 4) is 0 Å². The molecule has 0 heterocycles. The highest BCUT2D eigenvalue weighted by molar-refractivity contribution is 9.10. The molecule has 0 fully saturated rings.